The summed E-state index contributed by atoms with van der Waals surface area (Å²) in [6.07, 6.45) is 1.53. The van der Waals surface area contributed by atoms with Gasteiger partial charge in [-0.15, -0.1) is 0 Å². The summed E-state index contributed by atoms with van der Waals surface area (Å²) in [6, 6.07) is 10.4. The van der Waals surface area contributed by atoms with Crippen LogP contribution in [0.3, 0.4) is 0 Å². The molecule has 0 spiro atoms. The van der Waals surface area contributed by atoms with Gasteiger partial charge in [-0.1, -0.05) is 12.1 Å². The summed E-state index contributed by atoms with van der Waals surface area (Å²) in [6.45, 7) is 0.115. The lowest BCUT2D eigenvalue weighted by molar-refractivity contribution is 0.0442. The molecular weight excluding hydrogens is 220 g/mol. The predicted octanol–water partition coefficient (Wildman–Crippen LogP) is 2.65. The third-order valence-electron chi connectivity index (χ3n) is 2.25. The molecule has 0 atom stereocenters. The molecule has 1 aromatic heterocycles. The molecule has 0 bridgehead atoms. The highest BCUT2D eigenvalue weighted by Crippen LogP contribution is 2.18. The van der Waals surface area contributed by atoms with E-state index in [1.54, 1.807) is 36.4 Å². The van der Waals surface area contributed by atoms with Crippen molar-refractivity contribution in [2.75, 3.05) is 7.11 Å². The van der Waals surface area contributed by atoms with Crippen molar-refractivity contribution >= 4 is 5.97 Å². The SMILES string of the molecule is COc1ccccc1C(=O)OCc1ccco1. The van der Waals surface area contributed by atoms with Crippen LogP contribution in [-0.4, -0.2) is 13.1 Å². The maximum Gasteiger partial charge on any atom is 0.342 e. The zero-order valence-electron chi connectivity index (χ0n) is 9.38. The molecule has 0 amide bonds. The molecule has 1 aromatic carbocycles. The normalized spacial score (nSPS) is 9.94. The van der Waals surface area contributed by atoms with Gasteiger partial charge >= 0.3 is 5.97 Å². The summed E-state index contributed by atoms with van der Waals surface area (Å²) in [5.74, 6) is 0.670. The molecule has 2 aromatic rings. The summed E-state index contributed by atoms with van der Waals surface area (Å²) in [5, 5.41) is 0. The molecule has 0 aliphatic carbocycles. The first kappa shape index (κ1) is 11.3. The summed E-state index contributed by atoms with van der Waals surface area (Å²) in [4.78, 5) is 11.8. The maximum atomic E-state index is 11.8. The highest BCUT2D eigenvalue weighted by Gasteiger charge is 2.13. The van der Waals surface area contributed by atoms with Gasteiger partial charge in [0.25, 0.3) is 0 Å². The van der Waals surface area contributed by atoms with Gasteiger partial charge in [-0.2, -0.15) is 0 Å². The smallest absolute Gasteiger partial charge is 0.342 e. The number of carbonyl (C=O) groups excluding carboxylic acids is 1. The van der Waals surface area contributed by atoms with Crippen molar-refractivity contribution < 1.29 is 18.7 Å². The van der Waals surface area contributed by atoms with Crippen molar-refractivity contribution in [1.82, 2.24) is 0 Å². The predicted molar refractivity (Wildman–Crippen MR) is 60.8 cm³/mol. The van der Waals surface area contributed by atoms with Gasteiger partial charge in [0, 0.05) is 0 Å². The van der Waals surface area contributed by atoms with Gasteiger partial charge in [0.05, 0.1) is 13.4 Å². The summed E-state index contributed by atoms with van der Waals surface area (Å²) in [5.41, 5.74) is 0.404. The van der Waals surface area contributed by atoms with E-state index in [1.807, 2.05) is 0 Å². The van der Waals surface area contributed by atoms with Gasteiger partial charge in [0.15, 0.2) is 0 Å². The molecule has 0 saturated carbocycles. The Morgan fingerprint density at radius 1 is 1.24 bits per heavy atom. The van der Waals surface area contributed by atoms with Crippen LogP contribution >= 0.6 is 0 Å². The summed E-state index contributed by atoms with van der Waals surface area (Å²) >= 11 is 0. The highest BCUT2D eigenvalue weighted by atomic mass is 16.5. The topological polar surface area (TPSA) is 48.7 Å². The average molecular weight is 232 g/mol. The summed E-state index contributed by atoms with van der Waals surface area (Å²) < 4.78 is 15.2. The number of rotatable bonds is 4. The van der Waals surface area contributed by atoms with Gasteiger partial charge in [0.1, 0.15) is 23.7 Å². The minimum atomic E-state index is -0.432. The molecule has 0 saturated heterocycles. The number of ether oxygens (including phenoxy) is 2. The van der Waals surface area contributed by atoms with Crippen LogP contribution in [-0.2, 0) is 11.3 Å². The fraction of sp³-hybridized carbons (Fsp3) is 0.154. The first-order chi connectivity index (χ1) is 8.31. The number of para-hydroxylation sites is 1. The lowest BCUT2D eigenvalue weighted by Crippen LogP contribution is -2.06. The van der Waals surface area contributed by atoms with E-state index in [-0.39, 0.29) is 6.61 Å². The third kappa shape index (κ3) is 2.66. The van der Waals surface area contributed by atoms with E-state index in [4.69, 9.17) is 13.9 Å². The Hall–Kier alpha value is -2.23. The Labute approximate surface area is 98.8 Å². The van der Waals surface area contributed by atoms with Crippen LogP contribution in [0.25, 0.3) is 0 Å². The molecule has 4 nitrogen and oxygen atoms in total. The lowest BCUT2D eigenvalue weighted by atomic mass is 10.2. The van der Waals surface area contributed by atoms with Crippen LogP contribution in [0.2, 0.25) is 0 Å². The minimum Gasteiger partial charge on any atom is -0.496 e. The zero-order valence-corrected chi connectivity index (χ0v) is 9.38. The van der Waals surface area contributed by atoms with Crippen LogP contribution in [0.4, 0.5) is 0 Å². The number of carbonyl (C=O) groups is 1. The van der Waals surface area contributed by atoms with E-state index in [9.17, 15) is 4.79 Å². The number of methoxy groups -OCH3 is 1. The molecule has 2 rings (SSSR count). The molecule has 0 aliphatic rings. The Bertz CT molecular complexity index is 488. The number of esters is 1. The van der Waals surface area contributed by atoms with E-state index in [1.165, 1.54) is 13.4 Å². The minimum absolute atomic E-state index is 0.115. The van der Waals surface area contributed by atoms with Gasteiger partial charge in [-0.3, -0.25) is 0 Å². The number of benzene rings is 1. The molecule has 0 aliphatic heterocycles. The molecule has 88 valence electrons. The van der Waals surface area contributed by atoms with Crippen molar-refractivity contribution in [3.63, 3.8) is 0 Å². The van der Waals surface area contributed by atoms with Crippen LogP contribution in [0, 0.1) is 0 Å². The molecular formula is C13H12O4. The number of hydrogen-bond acceptors (Lipinski definition) is 4. The quantitative estimate of drug-likeness (QED) is 0.760. The first-order valence-corrected chi connectivity index (χ1v) is 5.14. The second kappa shape index (κ2) is 5.21. The Morgan fingerprint density at radius 3 is 2.76 bits per heavy atom. The molecule has 0 unspecified atom stereocenters. The van der Waals surface area contributed by atoms with Crippen molar-refractivity contribution in [3.8, 4) is 5.75 Å². The van der Waals surface area contributed by atoms with Gasteiger partial charge in [-0.05, 0) is 24.3 Å². The van der Waals surface area contributed by atoms with Gasteiger partial charge in [-0.25, -0.2) is 4.79 Å². The fourth-order valence-corrected chi connectivity index (χ4v) is 1.42. The van der Waals surface area contributed by atoms with Crippen LogP contribution < -0.4 is 4.74 Å². The molecule has 0 fully saturated rings. The van der Waals surface area contributed by atoms with E-state index in [0.29, 0.717) is 17.1 Å². The molecule has 1 heterocycles. The van der Waals surface area contributed by atoms with E-state index in [0.717, 1.165) is 0 Å². The largest absolute Gasteiger partial charge is 0.496 e. The number of furan rings is 1. The molecule has 0 radical (unpaired) electrons. The second-order valence-electron chi connectivity index (χ2n) is 3.36. The Morgan fingerprint density at radius 2 is 2.06 bits per heavy atom. The Kier molecular flexibility index (Phi) is 3.45. The van der Waals surface area contributed by atoms with E-state index >= 15 is 0 Å². The third-order valence-corrected chi connectivity index (χ3v) is 2.25. The fourth-order valence-electron chi connectivity index (χ4n) is 1.42. The van der Waals surface area contributed by atoms with Crippen molar-refractivity contribution in [2.24, 2.45) is 0 Å². The standard InChI is InChI=1S/C13H12O4/c1-15-12-7-3-2-6-11(12)13(14)17-9-10-5-4-8-16-10/h2-8H,9H2,1H3. The zero-order chi connectivity index (χ0) is 12.1. The van der Waals surface area contributed by atoms with Crippen molar-refractivity contribution in [3.05, 3.63) is 54.0 Å². The average Bonchev–Trinajstić information content (AvgIpc) is 2.89. The summed E-state index contributed by atoms with van der Waals surface area (Å²) in [7, 11) is 1.51. The van der Waals surface area contributed by atoms with E-state index in [2.05, 4.69) is 0 Å². The van der Waals surface area contributed by atoms with Gasteiger partial charge in [0.2, 0.25) is 0 Å². The molecule has 0 N–H and O–H groups in total. The van der Waals surface area contributed by atoms with E-state index < -0.39 is 5.97 Å². The lowest BCUT2D eigenvalue weighted by Gasteiger charge is -2.07. The van der Waals surface area contributed by atoms with Crippen LogP contribution in [0.5, 0.6) is 5.75 Å². The van der Waals surface area contributed by atoms with Crippen LogP contribution in [0.1, 0.15) is 16.1 Å². The van der Waals surface area contributed by atoms with Crippen molar-refractivity contribution in [2.45, 2.75) is 6.61 Å². The first-order valence-electron chi connectivity index (χ1n) is 5.14. The van der Waals surface area contributed by atoms with Gasteiger partial charge < -0.3 is 13.9 Å². The highest BCUT2D eigenvalue weighted by molar-refractivity contribution is 5.92. The maximum absolute atomic E-state index is 11.8. The molecule has 4 heteroatoms. The molecule has 17 heavy (non-hydrogen) atoms. The van der Waals surface area contributed by atoms with Crippen molar-refractivity contribution in [1.29, 1.82) is 0 Å². The van der Waals surface area contributed by atoms with Crippen LogP contribution in [0.15, 0.2) is 47.1 Å². The number of hydrogen-bond donors (Lipinski definition) is 0. The Balaban J connectivity index is 2.04. The second-order valence-corrected chi connectivity index (χ2v) is 3.36. The monoisotopic (exact) mass is 232 g/mol.